The van der Waals surface area contributed by atoms with Gasteiger partial charge in [-0.15, -0.1) is 0 Å². The molecular formula is C24H37N7. The molecule has 31 heavy (non-hydrogen) atoms. The molecule has 0 radical (unpaired) electrons. The smallest absolute Gasteiger partial charge is 0.131 e. The maximum atomic E-state index is 4.61. The van der Waals surface area contributed by atoms with Crippen LogP contribution in [-0.4, -0.2) is 65.4 Å². The van der Waals surface area contributed by atoms with Crippen molar-refractivity contribution in [1.82, 2.24) is 10.2 Å². The van der Waals surface area contributed by atoms with Crippen LogP contribution in [0.2, 0.25) is 0 Å². The largest absolute Gasteiger partial charge is 0.373 e. The van der Waals surface area contributed by atoms with Crippen LogP contribution in [0.25, 0.3) is 0 Å². The Hall–Kier alpha value is -3.32. The lowest BCUT2D eigenvalue weighted by Gasteiger charge is -2.25. The van der Waals surface area contributed by atoms with E-state index in [2.05, 4.69) is 88.9 Å². The lowest BCUT2D eigenvalue weighted by Crippen LogP contribution is -2.29. The number of likely N-dealkylation sites (N-methyl/N-ethyl adjacent to an activating group) is 3. The van der Waals surface area contributed by atoms with E-state index in [0.29, 0.717) is 6.67 Å². The van der Waals surface area contributed by atoms with Crippen LogP contribution < -0.4 is 20.9 Å². The van der Waals surface area contributed by atoms with Gasteiger partial charge in [0.15, 0.2) is 0 Å². The zero-order valence-corrected chi connectivity index (χ0v) is 19.6. The molecule has 7 heteroatoms. The van der Waals surface area contributed by atoms with Gasteiger partial charge in [0.2, 0.25) is 0 Å². The molecular weight excluding hydrogens is 386 g/mol. The molecule has 0 heterocycles. The van der Waals surface area contributed by atoms with Gasteiger partial charge in [-0.05, 0) is 52.0 Å². The number of rotatable bonds is 13. The molecule has 0 aliphatic heterocycles. The molecule has 7 nitrogen and oxygen atoms in total. The molecule has 1 aromatic carbocycles. The minimum absolute atomic E-state index is 0.403. The highest BCUT2D eigenvalue weighted by atomic mass is 15.2. The van der Waals surface area contributed by atoms with Crippen molar-refractivity contribution in [2.45, 2.75) is 6.92 Å². The second-order valence-electron chi connectivity index (χ2n) is 7.17. The number of nitrogens with zero attached hydrogens (tertiary/aromatic N) is 4. The molecule has 0 aliphatic rings. The summed E-state index contributed by atoms with van der Waals surface area (Å²) in [7, 11) is 8.06. The Morgan fingerprint density at radius 2 is 1.94 bits per heavy atom. The molecule has 0 amide bonds. The first-order valence-electron chi connectivity index (χ1n) is 10.2. The zero-order chi connectivity index (χ0) is 23.2. The molecule has 0 saturated carbocycles. The molecule has 0 saturated heterocycles. The lowest BCUT2D eigenvalue weighted by molar-refractivity contribution is 0.416. The third-order valence-corrected chi connectivity index (χ3v) is 4.44. The van der Waals surface area contributed by atoms with Crippen molar-refractivity contribution in [2.75, 3.05) is 63.5 Å². The van der Waals surface area contributed by atoms with Crippen molar-refractivity contribution in [1.29, 1.82) is 0 Å². The normalized spacial score (nSPS) is 12.1. The van der Waals surface area contributed by atoms with E-state index in [9.17, 15) is 0 Å². The molecule has 0 spiro atoms. The SMILES string of the molecule is C=CC(=C)Nc1cc(NC/N=C(/NC)C(=CN=C)/C=C\C)ccc1N(C)CCN(C)C. The Morgan fingerprint density at radius 1 is 1.19 bits per heavy atom. The number of allylic oxidation sites excluding steroid dienone is 2. The van der Waals surface area contributed by atoms with E-state index in [0.717, 1.165) is 47.3 Å². The average Bonchev–Trinajstić information content (AvgIpc) is 2.75. The fourth-order valence-corrected chi connectivity index (χ4v) is 2.76. The van der Waals surface area contributed by atoms with Gasteiger partial charge >= 0.3 is 0 Å². The van der Waals surface area contributed by atoms with Gasteiger partial charge in [0.1, 0.15) is 12.5 Å². The van der Waals surface area contributed by atoms with Crippen LogP contribution in [-0.2, 0) is 0 Å². The Balaban J connectivity index is 3.05. The van der Waals surface area contributed by atoms with Crippen molar-refractivity contribution in [3.63, 3.8) is 0 Å². The summed E-state index contributed by atoms with van der Waals surface area (Å²) >= 11 is 0. The molecule has 3 N–H and O–H groups in total. The number of benzene rings is 1. The van der Waals surface area contributed by atoms with Gasteiger partial charge in [-0.2, -0.15) is 0 Å². The van der Waals surface area contributed by atoms with Crippen LogP contribution in [0.1, 0.15) is 6.92 Å². The fourth-order valence-electron chi connectivity index (χ4n) is 2.76. The predicted octanol–water partition coefficient (Wildman–Crippen LogP) is 3.94. The summed E-state index contributed by atoms with van der Waals surface area (Å²) in [6.07, 6.45) is 7.26. The van der Waals surface area contributed by atoms with Crippen molar-refractivity contribution >= 4 is 29.6 Å². The third kappa shape index (κ3) is 8.92. The number of hydrogen-bond donors (Lipinski definition) is 3. The number of nitrogens with one attached hydrogen (secondary N) is 3. The Bertz CT molecular complexity index is 834. The summed E-state index contributed by atoms with van der Waals surface area (Å²) in [5, 5.41) is 9.79. The minimum atomic E-state index is 0.403. The average molecular weight is 424 g/mol. The van der Waals surface area contributed by atoms with E-state index in [1.165, 1.54) is 0 Å². The molecule has 0 aromatic heterocycles. The van der Waals surface area contributed by atoms with Crippen molar-refractivity contribution in [3.8, 4) is 0 Å². The van der Waals surface area contributed by atoms with Crippen molar-refractivity contribution in [2.24, 2.45) is 9.98 Å². The fraction of sp³-hybridized carbons (Fsp3) is 0.333. The van der Waals surface area contributed by atoms with E-state index < -0.39 is 0 Å². The number of amidine groups is 1. The van der Waals surface area contributed by atoms with E-state index in [4.69, 9.17) is 0 Å². The van der Waals surface area contributed by atoms with Gasteiger partial charge in [0.25, 0.3) is 0 Å². The summed E-state index contributed by atoms with van der Waals surface area (Å²) in [6.45, 7) is 15.5. The van der Waals surface area contributed by atoms with Gasteiger partial charge in [-0.1, -0.05) is 25.3 Å². The molecule has 0 unspecified atom stereocenters. The number of anilines is 3. The molecule has 0 bridgehead atoms. The monoisotopic (exact) mass is 423 g/mol. The van der Waals surface area contributed by atoms with Crippen LogP contribution in [0, 0.1) is 0 Å². The molecule has 0 aliphatic carbocycles. The van der Waals surface area contributed by atoms with Crippen LogP contribution in [0.4, 0.5) is 17.1 Å². The first-order chi connectivity index (χ1) is 14.9. The highest BCUT2D eigenvalue weighted by molar-refractivity contribution is 6.00. The highest BCUT2D eigenvalue weighted by Gasteiger charge is 2.10. The molecule has 0 atom stereocenters. The summed E-state index contributed by atoms with van der Waals surface area (Å²) < 4.78 is 0. The molecule has 1 aromatic rings. The summed E-state index contributed by atoms with van der Waals surface area (Å²) in [5.41, 5.74) is 4.60. The summed E-state index contributed by atoms with van der Waals surface area (Å²) in [5.74, 6) is 0.733. The van der Waals surface area contributed by atoms with E-state index in [1.807, 2.05) is 32.2 Å². The Labute approximate surface area is 187 Å². The van der Waals surface area contributed by atoms with E-state index in [-0.39, 0.29) is 0 Å². The van der Waals surface area contributed by atoms with Crippen LogP contribution in [0.15, 0.2) is 77.0 Å². The van der Waals surface area contributed by atoms with Gasteiger partial charge < -0.3 is 25.8 Å². The van der Waals surface area contributed by atoms with Crippen LogP contribution >= 0.6 is 0 Å². The van der Waals surface area contributed by atoms with Gasteiger partial charge in [0, 0.05) is 50.3 Å². The topological polar surface area (TPSA) is 67.3 Å². The van der Waals surface area contributed by atoms with Crippen molar-refractivity contribution < 1.29 is 0 Å². The highest BCUT2D eigenvalue weighted by Crippen LogP contribution is 2.29. The van der Waals surface area contributed by atoms with Crippen LogP contribution in [0.3, 0.4) is 0 Å². The van der Waals surface area contributed by atoms with Crippen molar-refractivity contribution in [3.05, 3.63) is 67.1 Å². The quantitative estimate of drug-likeness (QED) is 0.255. The lowest BCUT2D eigenvalue weighted by atomic mass is 10.2. The first-order valence-corrected chi connectivity index (χ1v) is 10.2. The maximum absolute atomic E-state index is 4.61. The Morgan fingerprint density at radius 3 is 2.52 bits per heavy atom. The first kappa shape index (κ1) is 25.7. The van der Waals surface area contributed by atoms with E-state index >= 15 is 0 Å². The third-order valence-electron chi connectivity index (χ3n) is 4.44. The standard InChI is InChI=1S/C24H37N7/c1-9-11-20(17-25-4)24(26-5)28-18-27-21-12-13-23(31(8)15-14-30(6)7)22(16-21)29-19(3)10-2/h9-13,16-17,27,29H,2-4,14-15,18H2,1,5-8H3,(H,26,28)/b11-9-,20-17?. The minimum Gasteiger partial charge on any atom is -0.373 e. The number of hydrogen-bond acceptors (Lipinski definition) is 6. The van der Waals surface area contributed by atoms with Gasteiger partial charge in [0.05, 0.1) is 11.4 Å². The van der Waals surface area contributed by atoms with Crippen LogP contribution in [0.5, 0.6) is 0 Å². The van der Waals surface area contributed by atoms with E-state index in [1.54, 1.807) is 12.3 Å². The number of aliphatic imine (C=N–C) groups is 2. The maximum Gasteiger partial charge on any atom is 0.131 e. The summed E-state index contributed by atoms with van der Waals surface area (Å²) in [4.78, 5) is 12.8. The zero-order valence-electron chi connectivity index (χ0n) is 19.6. The molecule has 168 valence electrons. The second-order valence-corrected chi connectivity index (χ2v) is 7.17. The summed E-state index contributed by atoms with van der Waals surface area (Å²) in [6, 6.07) is 6.19. The Kier molecular flexibility index (Phi) is 11.5. The second kappa shape index (κ2) is 13.8. The van der Waals surface area contributed by atoms with Gasteiger partial charge in [-0.3, -0.25) is 4.99 Å². The van der Waals surface area contributed by atoms with Gasteiger partial charge in [-0.25, -0.2) is 4.99 Å². The molecule has 0 fully saturated rings. The predicted molar refractivity (Wildman–Crippen MR) is 139 cm³/mol. The molecule has 1 rings (SSSR count).